The largest absolute Gasteiger partial charge is 0.478 e. The number of carboxylic acids is 1. The molecule has 0 bridgehead atoms. The van der Waals surface area contributed by atoms with Gasteiger partial charge in [0.05, 0.1) is 22.6 Å². The molecule has 0 saturated heterocycles. The van der Waals surface area contributed by atoms with E-state index in [0.29, 0.717) is 5.02 Å². The van der Waals surface area contributed by atoms with Gasteiger partial charge in [-0.05, 0) is 62.1 Å². The van der Waals surface area contributed by atoms with Crippen molar-refractivity contribution in [2.45, 2.75) is 25.7 Å². The Morgan fingerprint density at radius 3 is 2.36 bits per heavy atom. The lowest BCUT2D eigenvalue weighted by molar-refractivity contribution is 0.0697. The zero-order chi connectivity index (χ0) is 17.4. The molecule has 0 unspecified atom stereocenters. The van der Waals surface area contributed by atoms with Gasteiger partial charge in [-0.3, -0.25) is 0 Å². The van der Waals surface area contributed by atoms with Gasteiger partial charge in [0.25, 0.3) is 0 Å². The third-order valence-electron chi connectivity index (χ3n) is 4.63. The smallest absolute Gasteiger partial charge is 0.335 e. The summed E-state index contributed by atoms with van der Waals surface area (Å²) < 4.78 is 1.94. The molecule has 0 aliphatic heterocycles. The Bertz CT molecular complexity index is 928. The summed E-state index contributed by atoms with van der Waals surface area (Å²) in [5.41, 5.74) is 5.71. The molecule has 0 radical (unpaired) electrons. The van der Waals surface area contributed by atoms with Crippen LogP contribution >= 0.6 is 11.6 Å². The molecule has 0 amide bonds. The second-order valence-electron chi connectivity index (χ2n) is 6.25. The van der Waals surface area contributed by atoms with Crippen molar-refractivity contribution in [3.63, 3.8) is 0 Å². The Labute approximate surface area is 150 Å². The highest BCUT2D eigenvalue weighted by atomic mass is 35.5. The van der Waals surface area contributed by atoms with Gasteiger partial charge in [-0.1, -0.05) is 23.7 Å². The van der Waals surface area contributed by atoms with Crippen LogP contribution in [0, 0.1) is 0 Å². The van der Waals surface area contributed by atoms with Crippen LogP contribution in [-0.4, -0.2) is 20.9 Å². The van der Waals surface area contributed by atoms with Crippen molar-refractivity contribution >= 4 is 17.6 Å². The van der Waals surface area contributed by atoms with E-state index in [9.17, 15) is 4.79 Å². The topological polar surface area (TPSA) is 55.1 Å². The van der Waals surface area contributed by atoms with Crippen LogP contribution in [0.4, 0.5) is 0 Å². The molecule has 0 fully saturated rings. The average Bonchev–Trinajstić information content (AvgIpc) is 3.02. The third-order valence-corrected chi connectivity index (χ3v) is 4.89. The Morgan fingerprint density at radius 2 is 1.68 bits per heavy atom. The second-order valence-corrected chi connectivity index (χ2v) is 6.69. The summed E-state index contributed by atoms with van der Waals surface area (Å²) in [4.78, 5) is 11.1. The summed E-state index contributed by atoms with van der Waals surface area (Å²) >= 11 is 6.04. The lowest BCUT2D eigenvalue weighted by Gasteiger charge is -2.12. The van der Waals surface area contributed by atoms with Crippen LogP contribution in [0.3, 0.4) is 0 Å². The van der Waals surface area contributed by atoms with Gasteiger partial charge in [0.15, 0.2) is 0 Å². The molecule has 1 aliphatic carbocycles. The molecule has 1 heterocycles. The molecular formula is C20H17ClN2O2. The van der Waals surface area contributed by atoms with Gasteiger partial charge in [0.1, 0.15) is 0 Å². The van der Waals surface area contributed by atoms with E-state index in [1.54, 1.807) is 24.3 Å². The number of aryl methyl sites for hydroxylation is 1. The number of rotatable bonds is 3. The highest BCUT2D eigenvalue weighted by Gasteiger charge is 2.22. The number of hydrogen-bond acceptors (Lipinski definition) is 2. The molecule has 25 heavy (non-hydrogen) atoms. The predicted molar refractivity (Wildman–Crippen MR) is 97.6 cm³/mol. The Hall–Kier alpha value is -2.59. The number of carboxylic acid groups (broad SMARTS) is 1. The molecule has 0 saturated carbocycles. The summed E-state index contributed by atoms with van der Waals surface area (Å²) in [6.07, 6.45) is 4.32. The summed E-state index contributed by atoms with van der Waals surface area (Å²) in [5, 5.41) is 14.6. The van der Waals surface area contributed by atoms with Gasteiger partial charge in [-0.15, -0.1) is 0 Å². The second kappa shape index (κ2) is 6.37. The van der Waals surface area contributed by atoms with Gasteiger partial charge < -0.3 is 5.11 Å². The zero-order valence-corrected chi connectivity index (χ0v) is 14.3. The van der Waals surface area contributed by atoms with E-state index >= 15 is 0 Å². The zero-order valence-electron chi connectivity index (χ0n) is 13.6. The molecule has 1 N–H and O–H groups in total. The monoisotopic (exact) mass is 352 g/mol. The first kappa shape index (κ1) is 15.9. The molecule has 5 heteroatoms. The SMILES string of the molecule is O=C(O)c1ccc(-n2nc3c(c2-c2ccc(Cl)cc2)CCCC3)cc1. The summed E-state index contributed by atoms with van der Waals surface area (Å²) in [6.45, 7) is 0. The first-order chi connectivity index (χ1) is 12.1. The average molecular weight is 353 g/mol. The number of hydrogen-bond donors (Lipinski definition) is 1. The fourth-order valence-electron chi connectivity index (χ4n) is 3.39. The number of benzene rings is 2. The Balaban J connectivity index is 1.88. The van der Waals surface area contributed by atoms with Crippen LogP contribution in [0.15, 0.2) is 48.5 Å². The lowest BCUT2D eigenvalue weighted by atomic mass is 9.93. The Kier molecular flexibility index (Phi) is 4.06. The number of nitrogens with zero attached hydrogens (tertiary/aromatic N) is 2. The maximum atomic E-state index is 11.1. The van der Waals surface area contributed by atoms with Gasteiger partial charge in [-0.2, -0.15) is 5.10 Å². The quantitative estimate of drug-likeness (QED) is 0.738. The van der Waals surface area contributed by atoms with E-state index < -0.39 is 5.97 Å². The summed E-state index contributed by atoms with van der Waals surface area (Å²) in [5.74, 6) is -0.927. The van der Waals surface area contributed by atoms with E-state index in [1.165, 1.54) is 5.56 Å². The molecule has 0 spiro atoms. The molecule has 1 aliphatic rings. The van der Waals surface area contributed by atoms with Crippen molar-refractivity contribution in [2.24, 2.45) is 0 Å². The van der Waals surface area contributed by atoms with Crippen molar-refractivity contribution in [2.75, 3.05) is 0 Å². The van der Waals surface area contributed by atoms with Crippen LogP contribution in [0.2, 0.25) is 5.02 Å². The van der Waals surface area contributed by atoms with Gasteiger partial charge in [-0.25, -0.2) is 9.48 Å². The van der Waals surface area contributed by atoms with Crippen LogP contribution in [0.25, 0.3) is 16.9 Å². The number of aromatic nitrogens is 2. The number of halogens is 1. The minimum Gasteiger partial charge on any atom is -0.478 e. The summed E-state index contributed by atoms with van der Waals surface area (Å²) in [7, 11) is 0. The molecule has 0 atom stereocenters. The molecule has 1 aromatic heterocycles. The maximum absolute atomic E-state index is 11.1. The van der Waals surface area contributed by atoms with Crippen LogP contribution < -0.4 is 0 Å². The van der Waals surface area contributed by atoms with Crippen LogP contribution in [0.5, 0.6) is 0 Å². The van der Waals surface area contributed by atoms with Gasteiger partial charge >= 0.3 is 5.97 Å². The van der Waals surface area contributed by atoms with Crippen molar-refractivity contribution in [1.29, 1.82) is 0 Å². The maximum Gasteiger partial charge on any atom is 0.335 e. The van der Waals surface area contributed by atoms with E-state index in [-0.39, 0.29) is 5.56 Å². The fraction of sp³-hybridized carbons (Fsp3) is 0.200. The van der Waals surface area contributed by atoms with E-state index in [4.69, 9.17) is 21.8 Å². The number of carbonyl (C=O) groups is 1. The molecular weight excluding hydrogens is 336 g/mol. The highest BCUT2D eigenvalue weighted by Crippen LogP contribution is 2.34. The summed E-state index contributed by atoms with van der Waals surface area (Å²) in [6, 6.07) is 14.6. The molecule has 3 aromatic rings. The van der Waals surface area contributed by atoms with Gasteiger partial charge in [0.2, 0.25) is 0 Å². The predicted octanol–water partition coefficient (Wildman–Crippen LogP) is 4.77. The van der Waals surface area contributed by atoms with E-state index in [0.717, 1.165) is 48.3 Å². The van der Waals surface area contributed by atoms with Crippen LogP contribution in [0.1, 0.15) is 34.5 Å². The minimum atomic E-state index is -0.927. The van der Waals surface area contributed by atoms with Crippen molar-refractivity contribution in [3.8, 4) is 16.9 Å². The molecule has 126 valence electrons. The highest BCUT2D eigenvalue weighted by molar-refractivity contribution is 6.30. The minimum absolute atomic E-state index is 0.272. The first-order valence-corrected chi connectivity index (χ1v) is 8.72. The fourth-order valence-corrected chi connectivity index (χ4v) is 3.52. The third kappa shape index (κ3) is 2.94. The first-order valence-electron chi connectivity index (χ1n) is 8.34. The van der Waals surface area contributed by atoms with E-state index in [1.807, 2.05) is 28.9 Å². The number of fused-ring (bicyclic) bond motifs is 1. The normalized spacial score (nSPS) is 13.5. The van der Waals surface area contributed by atoms with Crippen LogP contribution in [-0.2, 0) is 12.8 Å². The van der Waals surface area contributed by atoms with Crippen molar-refractivity contribution in [1.82, 2.24) is 9.78 Å². The van der Waals surface area contributed by atoms with Gasteiger partial charge in [0, 0.05) is 16.1 Å². The molecule has 2 aromatic carbocycles. The molecule has 4 nitrogen and oxygen atoms in total. The van der Waals surface area contributed by atoms with Crippen molar-refractivity contribution < 1.29 is 9.90 Å². The van der Waals surface area contributed by atoms with E-state index in [2.05, 4.69) is 0 Å². The standard InChI is InChI=1S/C20H17ClN2O2/c21-15-9-5-13(6-10-15)19-17-3-1-2-4-18(17)22-23(19)16-11-7-14(8-12-16)20(24)25/h5-12H,1-4H2,(H,24,25). The lowest BCUT2D eigenvalue weighted by Crippen LogP contribution is -2.02. The van der Waals surface area contributed by atoms with Crippen molar-refractivity contribution in [3.05, 3.63) is 70.4 Å². The number of aromatic carboxylic acids is 1. The molecule has 4 rings (SSSR count). The Morgan fingerprint density at radius 1 is 1.00 bits per heavy atom.